The molecule has 3 heteroatoms. The zero-order valence-electron chi connectivity index (χ0n) is 2.42. The van der Waals surface area contributed by atoms with Gasteiger partial charge in [0, 0.05) is 0 Å². The van der Waals surface area contributed by atoms with Gasteiger partial charge in [-0.2, -0.15) is 0 Å². The van der Waals surface area contributed by atoms with Crippen LogP contribution in [0.3, 0.4) is 0 Å². The maximum absolute atomic E-state index is 3.35. The number of hydrogen-bond acceptors (Lipinski definition) is 0. The van der Waals surface area contributed by atoms with E-state index in [-0.39, 0.29) is 24.8 Å². The van der Waals surface area contributed by atoms with Gasteiger partial charge in [0.05, 0.1) is 0 Å². The predicted molar refractivity (Wildman–Crippen MR) is 24.7 cm³/mol. The summed E-state index contributed by atoms with van der Waals surface area (Å²) < 4.78 is 1.72. The molecular weight excluding hydrogens is 290 g/mol. The van der Waals surface area contributed by atoms with E-state index in [9.17, 15) is 0 Å². The van der Waals surface area contributed by atoms with Gasteiger partial charge in [-0.3, -0.25) is 0 Å². The molecule has 37 valence electrons. The molecule has 0 aliphatic heterocycles. The predicted octanol–water partition coefficient (Wildman–Crippen LogP) is 1.52. The van der Waals surface area contributed by atoms with Gasteiger partial charge in [0.25, 0.3) is 0 Å². The van der Waals surface area contributed by atoms with Gasteiger partial charge >= 0.3 is 30.9 Å². The summed E-state index contributed by atoms with van der Waals surface area (Å²) in [4.78, 5) is 0. The molecule has 0 unspecified atom stereocenters. The van der Waals surface area contributed by atoms with Gasteiger partial charge in [-0.05, 0) is 0 Å². The maximum atomic E-state index is 3.35. The van der Waals surface area contributed by atoms with Crippen molar-refractivity contribution in [1.29, 1.82) is 0 Å². The number of rotatable bonds is 0. The molecule has 5 heavy (non-hydrogen) atoms. The molecule has 0 aliphatic carbocycles. The molecule has 0 radical (unpaired) electrons. The molecule has 0 fully saturated rings. The molecule has 0 atom stereocenters. The van der Waals surface area contributed by atoms with Crippen LogP contribution in [-0.4, -0.2) is 0 Å². The third-order valence-electron chi connectivity index (χ3n) is 0. The average Bonchev–Trinajstić information content (AvgIpc) is 0.918. The summed E-state index contributed by atoms with van der Waals surface area (Å²) >= 11 is 2.04. The molecule has 0 bridgehead atoms. The first-order valence-corrected chi connectivity index (χ1v) is 1.90. The van der Waals surface area contributed by atoms with Gasteiger partial charge in [-0.15, -0.1) is 24.8 Å². The van der Waals surface area contributed by atoms with Crippen molar-refractivity contribution in [3.05, 3.63) is 11.0 Å². The van der Waals surface area contributed by atoms with E-state index >= 15 is 0 Å². The smallest absolute Gasteiger partial charge is 0.147 e. The van der Waals surface area contributed by atoms with Crippen molar-refractivity contribution < 1.29 is 19.8 Å². The molecule has 0 amide bonds. The normalized spacial score (nSPS) is 2.80. The first-order chi connectivity index (χ1) is 1.41. The van der Waals surface area contributed by atoms with Crippen molar-refractivity contribution in [2.75, 3.05) is 0 Å². The Morgan fingerprint density at radius 2 is 1.40 bits per heavy atom. The van der Waals surface area contributed by atoms with Crippen LogP contribution in [0.2, 0.25) is 0 Å². The SMILES string of the molecule is C=[CH][Pt].Cl.Cl. The summed E-state index contributed by atoms with van der Waals surface area (Å²) in [5, 5.41) is 0. The molecule has 0 aromatic rings. The molecule has 0 spiro atoms. The van der Waals surface area contributed by atoms with E-state index in [1.165, 1.54) is 0 Å². The van der Waals surface area contributed by atoms with Crippen LogP contribution in [0.15, 0.2) is 11.0 Å². The standard InChI is InChI=1S/C2H3.2ClH.Pt/c1-2;;;/h1H,2H2;2*1H;. The van der Waals surface area contributed by atoms with Crippen LogP contribution in [0.1, 0.15) is 0 Å². The van der Waals surface area contributed by atoms with Crippen molar-refractivity contribution in [2.45, 2.75) is 0 Å². The second-order valence-electron chi connectivity index (χ2n) is 0.129. The fourth-order valence-corrected chi connectivity index (χ4v) is 0. The van der Waals surface area contributed by atoms with Gasteiger partial charge < -0.3 is 0 Å². The number of halogens is 2. The van der Waals surface area contributed by atoms with Gasteiger partial charge in [-0.1, -0.05) is 0 Å². The molecular formula is C2H5Cl2Pt. The van der Waals surface area contributed by atoms with E-state index in [1.54, 1.807) is 4.47 Å². The van der Waals surface area contributed by atoms with Gasteiger partial charge in [-0.25, -0.2) is 0 Å². The molecule has 0 rings (SSSR count). The monoisotopic (exact) mass is 294 g/mol. The van der Waals surface area contributed by atoms with Crippen LogP contribution in [0.5, 0.6) is 0 Å². The van der Waals surface area contributed by atoms with Crippen molar-refractivity contribution >= 4 is 24.8 Å². The summed E-state index contributed by atoms with van der Waals surface area (Å²) in [6, 6.07) is 0. The summed E-state index contributed by atoms with van der Waals surface area (Å²) in [5.74, 6) is 0. The Morgan fingerprint density at radius 3 is 1.40 bits per heavy atom. The molecule has 0 heterocycles. The Hall–Kier alpha value is 1.01. The number of hydrogen-bond donors (Lipinski definition) is 0. The van der Waals surface area contributed by atoms with Crippen LogP contribution >= 0.6 is 24.8 Å². The van der Waals surface area contributed by atoms with Gasteiger partial charge in [0.2, 0.25) is 0 Å². The Kier molecular flexibility index (Phi) is 66.4. The summed E-state index contributed by atoms with van der Waals surface area (Å²) in [6.45, 7) is 3.35. The quantitative estimate of drug-likeness (QED) is 0.636. The minimum atomic E-state index is 0. The summed E-state index contributed by atoms with van der Waals surface area (Å²) in [6.07, 6.45) is 0. The topological polar surface area (TPSA) is 0 Å². The van der Waals surface area contributed by atoms with E-state index in [0.29, 0.717) is 0 Å². The summed E-state index contributed by atoms with van der Waals surface area (Å²) in [7, 11) is 0. The van der Waals surface area contributed by atoms with Crippen LogP contribution in [0.4, 0.5) is 0 Å². The molecule has 0 nitrogen and oxygen atoms in total. The molecule has 0 aliphatic rings. The second-order valence-corrected chi connectivity index (χ2v) is 1.06. The molecule has 0 saturated heterocycles. The van der Waals surface area contributed by atoms with Gasteiger partial charge in [0.15, 0.2) is 0 Å². The van der Waals surface area contributed by atoms with E-state index in [2.05, 4.69) is 6.58 Å². The zero-order valence-corrected chi connectivity index (χ0v) is 6.32. The molecule has 0 aromatic heterocycles. The van der Waals surface area contributed by atoms with Crippen LogP contribution in [-0.2, 0) is 19.8 Å². The molecule has 0 aromatic carbocycles. The Labute approximate surface area is 55.7 Å². The van der Waals surface area contributed by atoms with Gasteiger partial charge in [0.1, 0.15) is 0 Å². The van der Waals surface area contributed by atoms with E-state index in [1.807, 2.05) is 19.8 Å². The Balaban J connectivity index is -0.0000000200. The largest absolute Gasteiger partial charge is 0.147 e. The van der Waals surface area contributed by atoms with Crippen molar-refractivity contribution in [1.82, 2.24) is 0 Å². The minimum absolute atomic E-state index is 0. The van der Waals surface area contributed by atoms with Crippen molar-refractivity contribution in [3.8, 4) is 0 Å². The van der Waals surface area contributed by atoms with Crippen LogP contribution < -0.4 is 0 Å². The van der Waals surface area contributed by atoms with Crippen molar-refractivity contribution in [3.63, 3.8) is 0 Å². The van der Waals surface area contributed by atoms with E-state index in [0.717, 1.165) is 0 Å². The minimum Gasteiger partial charge on any atom is -0.147 e. The maximum Gasteiger partial charge on any atom is -0.147 e. The fraction of sp³-hybridized carbons (Fsp3) is 0. The zero-order chi connectivity index (χ0) is 2.71. The first-order valence-electron chi connectivity index (χ1n) is 0.591. The average molecular weight is 295 g/mol. The third kappa shape index (κ3) is 44.6. The molecule has 0 saturated carbocycles. The van der Waals surface area contributed by atoms with Crippen LogP contribution in [0.25, 0.3) is 0 Å². The van der Waals surface area contributed by atoms with E-state index < -0.39 is 0 Å². The molecule has 0 N–H and O–H groups in total. The van der Waals surface area contributed by atoms with Crippen molar-refractivity contribution in [2.24, 2.45) is 0 Å². The Morgan fingerprint density at radius 1 is 1.40 bits per heavy atom. The third-order valence-corrected chi connectivity index (χ3v) is 0. The van der Waals surface area contributed by atoms with Crippen LogP contribution in [0, 0.1) is 0 Å². The summed E-state index contributed by atoms with van der Waals surface area (Å²) in [5.41, 5.74) is 0. The Bertz CT molecular complexity index is 15.1. The van der Waals surface area contributed by atoms with E-state index in [4.69, 9.17) is 0 Å². The second kappa shape index (κ2) is 20.0. The first kappa shape index (κ1) is 16.7. The fourth-order valence-electron chi connectivity index (χ4n) is 0.